The van der Waals surface area contributed by atoms with Crippen LogP contribution >= 0.6 is 0 Å². The van der Waals surface area contributed by atoms with E-state index in [9.17, 15) is 0 Å². The molecule has 21 heavy (non-hydrogen) atoms. The lowest BCUT2D eigenvalue weighted by Crippen LogP contribution is -2.48. The Morgan fingerprint density at radius 1 is 1.10 bits per heavy atom. The average molecular weight is 291 g/mol. The van der Waals surface area contributed by atoms with E-state index in [0.29, 0.717) is 5.92 Å². The van der Waals surface area contributed by atoms with Crippen LogP contribution in [-0.2, 0) is 6.42 Å². The van der Waals surface area contributed by atoms with Crippen molar-refractivity contribution in [1.29, 1.82) is 0 Å². The smallest absolute Gasteiger partial charge is 0.118 e. The van der Waals surface area contributed by atoms with Gasteiger partial charge in [-0.2, -0.15) is 0 Å². The lowest BCUT2D eigenvalue weighted by Gasteiger charge is -2.35. The topological polar surface area (TPSA) is 41.7 Å². The van der Waals surface area contributed by atoms with E-state index in [4.69, 9.17) is 10.5 Å². The summed E-state index contributed by atoms with van der Waals surface area (Å²) in [6, 6.07) is 8.42. The van der Waals surface area contributed by atoms with Gasteiger partial charge in [0.25, 0.3) is 0 Å². The summed E-state index contributed by atoms with van der Waals surface area (Å²) in [6.07, 6.45) is 1.11. The van der Waals surface area contributed by atoms with Crippen molar-refractivity contribution < 1.29 is 4.74 Å². The van der Waals surface area contributed by atoms with Crippen LogP contribution in [0.15, 0.2) is 24.3 Å². The minimum absolute atomic E-state index is 0.607. The number of nitrogens with zero attached hydrogens (tertiary/aromatic N) is 2. The highest BCUT2D eigenvalue weighted by Gasteiger charge is 2.17. The Morgan fingerprint density at radius 2 is 1.71 bits per heavy atom. The van der Waals surface area contributed by atoms with E-state index >= 15 is 0 Å². The molecule has 0 amide bonds. The number of ether oxygens (including phenoxy) is 1. The number of methoxy groups -OCH3 is 1. The highest BCUT2D eigenvalue weighted by atomic mass is 16.5. The van der Waals surface area contributed by atoms with E-state index in [1.165, 1.54) is 31.7 Å². The van der Waals surface area contributed by atoms with Gasteiger partial charge in [0.1, 0.15) is 5.75 Å². The predicted octanol–water partition coefficient (Wildman–Crippen LogP) is 1.45. The molecule has 1 fully saturated rings. The molecule has 1 aliphatic heterocycles. The standard InChI is InChI=1S/C17H29N3O/c1-15(13-18)14-20-11-9-19(10-12-20)8-7-16-3-5-17(21-2)6-4-16/h3-6,15H,7-14,18H2,1-2H3. The molecule has 2 rings (SSSR count). The zero-order chi connectivity index (χ0) is 15.1. The van der Waals surface area contributed by atoms with E-state index in [1.807, 2.05) is 12.1 Å². The number of hydrogen-bond acceptors (Lipinski definition) is 4. The molecule has 1 atom stereocenters. The molecule has 1 saturated heterocycles. The summed E-state index contributed by atoms with van der Waals surface area (Å²) in [5.41, 5.74) is 7.09. The number of hydrogen-bond donors (Lipinski definition) is 1. The lowest BCUT2D eigenvalue weighted by molar-refractivity contribution is 0.122. The molecule has 0 radical (unpaired) electrons. The van der Waals surface area contributed by atoms with Crippen LogP contribution in [0.1, 0.15) is 12.5 Å². The highest BCUT2D eigenvalue weighted by molar-refractivity contribution is 5.27. The largest absolute Gasteiger partial charge is 0.497 e. The highest BCUT2D eigenvalue weighted by Crippen LogP contribution is 2.12. The summed E-state index contributed by atoms with van der Waals surface area (Å²) in [5.74, 6) is 1.54. The fourth-order valence-electron chi connectivity index (χ4n) is 2.79. The summed E-state index contributed by atoms with van der Waals surface area (Å²) in [6.45, 7) is 10.0. The van der Waals surface area contributed by atoms with Crippen molar-refractivity contribution in [3.05, 3.63) is 29.8 Å². The van der Waals surface area contributed by atoms with Crippen molar-refractivity contribution in [2.24, 2.45) is 11.7 Å². The van der Waals surface area contributed by atoms with E-state index in [1.54, 1.807) is 7.11 Å². The SMILES string of the molecule is COc1ccc(CCN2CCN(CC(C)CN)CC2)cc1. The normalized spacial score (nSPS) is 18.6. The van der Waals surface area contributed by atoms with Gasteiger partial charge in [-0.15, -0.1) is 0 Å². The fourth-order valence-corrected chi connectivity index (χ4v) is 2.79. The summed E-state index contributed by atoms with van der Waals surface area (Å²) < 4.78 is 5.19. The average Bonchev–Trinajstić information content (AvgIpc) is 2.54. The zero-order valence-electron chi connectivity index (χ0n) is 13.4. The molecule has 1 heterocycles. The van der Waals surface area contributed by atoms with Crippen LogP contribution in [0.25, 0.3) is 0 Å². The first kappa shape index (κ1) is 16.3. The molecule has 0 spiro atoms. The third kappa shape index (κ3) is 5.30. The van der Waals surface area contributed by atoms with Crippen molar-refractivity contribution >= 4 is 0 Å². The van der Waals surface area contributed by atoms with E-state index in [-0.39, 0.29) is 0 Å². The number of piperazine rings is 1. The number of benzene rings is 1. The van der Waals surface area contributed by atoms with Crippen LogP contribution < -0.4 is 10.5 Å². The molecule has 0 saturated carbocycles. The van der Waals surface area contributed by atoms with Crippen molar-refractivity contribution in [3.8, 4) is 5.75 Å². The third-order valence-corrected chi connectivity index (χ3v) is 4.31. The Kier molecular flexibility index (Phi) is 6.49. The third-order valence-electron chi connectivity index (χ3n) is 4.31. The van der Waals surface area contributed by atoms with Gasteiger partial charge in [-0.25, -0.2) is 0 Å². The first-order valence-corrected chi connectivity index (χ1v) is 7.99. The Labute approximate surface area is 128 Å². The molecule has 4 nitrogen and oxygen atoms in total. The molecule has 0 aromatic heterocycles. The zero-order valence-corrected chi connectivity index (χ0v) is 13.4. The first-order valence-electron chi connectivity index (χ1n) is 7.99. The summed E-state index contributed by atoms with van der Waals surface area (Å²) in [7, 11) is 1.71. The molecule has 4 heteroatoms. The Hall–Kier alpha value is -1.10. The maximum absolute atomic E-state index is 5.70. The number of nitrogens with two attached hydrogens (primary N) is 1. The first-order chi connectivity index (χ1) is 10.2. The van der Waals surface area contributed by atoms with Gasteiger partial charge in [-0.1, -0.05) is 19.1 Å². The van der Waals surface area contributed by atoms with Crippen molar-refractivity contribution in [2.45, 2.75) is 13.3 Å². The molecule has 2 N–H and O–H groups in total. The van der Waals surface area contributed by atoms with Crippen molar-refractivity contribution in [3.63, 3.8) is 0 Å². The van der Waals surface area contributed by atoms with Gasteiger partial charge < -0.3 is 20.3 Å². The summed E-state index contributed by atoms with van der Waals surface area (Å²) in [4.78, 5) is 5.11. The maximum atomic E-state index is 5.70. The van der Waals surface area contributed by atoms with Crippen LogP contribution in [0.5, 0.6) is 5.75 Å². The fraction of sp³-hybridized carbons (Fsp3) is 0.647. The van der Waals surface area contributed by atoms with Crippen LogP contribution in [-0.4, -0.2) is 62.7 Å². The Balaban J connectivity index is 1.68. The number of rotatable bonds is 7. The quantitative estimate of drug-likeness (QED) is 0.825. The maximum Gasteiger partial charge on any atom is 0.118 e. The molecular formula is C17H29N3O. The van der Waals surface area contributed by atoms with Crippen LogP contribution in [0.2, 0.25) is 0 Å². The lowest BCUT2D eigenvalue weighted by atomic mass is 10.1. The van der Waals surface area contributed by atoms with Gasteiger partial charge in [-0.3, -0.25) is 0 Å². The van der Waals surface area contributed by atoms with Crippen molar-refractivity contribution in [1.82, 2.24) is 9.80 Å². The van der Waals surface area contributed by atoms with Crippen LogP contribution in [0.3, 0.4) is 0 Å². The van der Waals surface area contributed by atoms with Gasteiger partial charge in [0.2, 0.25) is 0 Å². The molecular weight excluding hydrogens is 262 g/mol. The monoisotopic (exact) mass is 291 g/mol. The minimum atomic E-state index is 0.607. The van der Waals surface area contributed by atoms with Gasteiger partial charge in [0.15, 0.2) is 0 Å². The second kappa shape index (κ2) is 8.37. The Bertz CT molecular complexity index is 399. The second-order valence-corrected chi connectivity index (χ2v) is 6.08. The molecule has 1 aromatic rings. The molecule has 1 unspecified atom stereocenters. The van der Waals surface area contributed by atoms with Gasteiger partial charge in [-0.05, 0) is 36.6 Å². The van der Waals surface area contributed by atoms with Gasteiger partial charge in [0.05, 0.1) is 7.11 Å². The predicted molar refractivity (Wildman–Crippen MR) is 87.8 cm³/mol. The molecule has 0 bridgehead atoms. The van der Waals surface area contributed by atoms with E-state index in [0.717, 1.165) is 31.8 Å². The van der Waals surface area contributed by atoms with Crippen molar-refractivity contribution in [2.75, 3.05) is 52.9 Å². The van der Waals surface area contributed by atoms with E-state index in [2.05, 4.69) is 28.9 Å². The van der Waals surface area contributed by atoms with Crippen LogP contribution in [0.4, 0.5) is 0 Å². The molecule has 1 aliphatic rings. The minimum Gasteiger partial charge on any atom is -0.497 e. The molecule has 118 valence electrons. The second-order valence-electron chi connectivity index (χ2n) is 6.08. The Morgan fingerprint density at radius 3 is 2.29 bits per heavy atom. The summed E-state index contributed by atoms with van der Waals surface area (Å²) in [5, 5.41) is 0. The summed E-state index contributed by atoms with van der Waals surface area (Å²) >= 11 is 0. The molecule has 1 aromatic carbocycles. The van der Waals surface area contributed by atoms with Gasteiger partial charge in [0, 0.05) is 39.3 Å². The molecule has 0 aliphatic carbocycles. The van der Waals surface area contributed by atoms with E-state index < -0.39 is 0 Å². The van der Waals surface area contributed by atoms with Gasteiger partial charge >= 0.3 is 0 Å². The van der Waals surface area contributed by atoms with Crippen LogP contribution in [0, 0.1) is 5.92 Å².